The van der Waals surface area contributed by atoms with E-state index < -0.39 is 0 Å². The zero-order valence-corrected chi connectivity index (χ0v) is 15.1. The van der Waals surface area contributed by atoms with Crippen LogP contribution in [0.25, 0.3) is 0 Å². The van der Waals surface area contributed by atoms with E-state index in [1.54, 1.807) is 23.5 Å². The monoisotopic (exact) mass is 340 g/mol. The van der Waals surface area contributed by atoms with Gasteiger partial charge in [-0.25, -0.2) is 0 Å². The maximum atomic E-state index is 2.29. The summed E-state index contributed by atoms with van der Waals surface area (Å²) in [6, 6.07) is 21.0. The molecule has 0 radical (unpaired) electrons. The molecule has 0 aliphatic rings. The van der Waals surface area contributed by atoms with Crippen molar-refractivity contribution in [3.05, 3.63) is 83.6 Å². The lowest BCUT2D eigenvalue weighted by Crippen LogP contribution is -1.74. The minimum Gasteiger partial charge on any atom is -0.0984 e. The highest BCUT2D eigenvalue weighted by molar-refractivity contribution is 8.02. The fraction of sp³-hybridized carbons (Fsp3) is 0.238. The van der Waals surface area contributed by atoms with Crippen molar-refractivity contribution in [2.45, 2.75) is 41.9 Å². The van der Waals surface area contributed by atoms with Gasteiger partial charge in [0.15, 0.2) is 0 Å². The molecule has 0 spiro atoms. The van der Waals surface area contributed by atoms with Gasteiger partial charge in [0, 0.05) is 9.79 Å². The molecule has 0 aliphatic carbocycles. The van der Waals surface area contributed by atoms with Crippen molar-refractivity contribution >= 4 is 23.5 Å². The summed E-state index contributed by atoms with van der Waals surface area (Å²) in [5.41, 5.74) is 0. The highest BCUT2D eigenvalue weighted by Crippen LogP contribution is 2.19. The number of allylic oxidation sites excluding steroid dienone is 2. The van der Waals surface area contributed by atoms with E-state index in [4.69, 9.17) is 0 Å². The van der Waals surface area contributed by atoms with Crippen LogP contribution >= 0.6 is 23.5 Å². The van der Waals surface area contributed by atoms with Gasteiger partial charge >= 0.3 is 0 Å². The lowest BCUT2D eigenvalue weighted by atomic mass is 10.1. The molecular formula is C21H24S2. The third-order valence-electron chi connectivity index (χ3n) is 3.33. The number of hydrogen-bond acceptors (Lipinski definition) is 2. The van der Waals surface area contributed by atoms with E-state index in [-0.39, 0.29) is 0 Å². The smallest absolute Gasteiger partial charge is 0.0116 e. The average molecular weight is 341 g/mol. The lowest BCUT2D eigenvalue weighted by Gasteiger charge is -1.97. The van der Waals surface area contributed by atoms with Gasteiger partial charge in [-0.1, -0.05) is 78.5 Å². The second kappa shape index (κ2) is 12.1. The predicted molar refractivity (Wildman–Crippen MR) is 106 cm³/mol. The Hall–Kier alpha value is -1.38. The molecule has 2 heteroatoms. The number of hydrogen-bond donors (Lipinski definition) is 0. The van der Waals surface area contributed by atoms with Gasteiger partial charge in [0.05, 0.1) is 0 Å². The summed E-state index contributed by atoms with van der Waals surface area (Å²) in [5.74, 6) is 0. The van der Waals surface area contributed by atoms with Gasteiger partial charge in [0.2, 0.25) is 0 Å². The van der Waals surface area contributed by atoms with Crippen LogP contribution in [0.2, 0.25) is 0 Å². The van der Waals surface area contributed by atoms with Gasteiger partial charge in [0.25, 0.3) is 0 Å². The Morgan fingerprint density at radius 2 is 1.00 bits per heavy atom. The Kier molecular flexibility index (Phi) is 9.45. The summed E-state index contributed by atoms with van der Waals surface area (Å²) in [5, 5.41) is 4.43. The van der Waals surface area contributed by atoms with Crippen LogP contribution in [0.3, 0.4) is 0 Å². The number of rotatable bonds is 10. The normalized spacial score (nSPS) is 11.5. The fourth-order valence-electron chi connectivity index (χ4n) is 2.09. The van der Waals surface area contributed by atoms with Gasteiger partial charge < -0.3 is 0 Å². The predicted octanol–water partition coefficient (Wildman–Crippen LogP) is 7.55. The minimum absolute atomic E-state index is 1.18. The molecule has 2 aromatic rings. The second-order valence-electron chi connectivity index (χ2n) is 5.24. The molecule has 0 unspecified atom stereocenters. The molecule has 0 fully saturated rings. The van der Waals surface area contributed by atoms with E-state index in [0.717, 1.165) is 0 Å². The molecule has 0 aromatic heterocycles. The Bertz CT molecular complexity index is 520. The van der Waals surface area contributed by atoms with Crippen molar-refractivity contribution in [1.82, 2.24) is 0 Å². The zero-order chi connectivity index (χ0) is 16.0. The minimum atomic E-state index is 1.18. The van der Waals surface area contributed by atoms with Crippen LogP contribution in [-0.2, 0) is 0 Å². The van der Waals surface area contributed by atoms with Crippen LogP contribution in [0.5, 0.6) is 0 Å². The third kappa shape index (κ3) is 8.73. The molecule has 2 rings (SSSR count). The van der Waals surface area contributed by atoms with Crippen LogP contribution in [0, 0.1) is 0 Å². The molecule has 0 nitrogen and oxygen atoms in total. The SMILES string of the molecule is C(=C\Sc1ccccc1)/CCCCC/C=C/Sc1ccccc1. The maximum absolute atomic E-state index is 2.29. The molecule has 23 heavy (non-hydrogen) atoms. The Morgan fingerprint density at radius 1 is 0.565 bits per heavy atom. The Morgan fingerprint density at radius 3 is 1.43 bits per heavy atom. The zero-order valence-electron chi connectivity index (χ0n) is 13.4. The van der Waals surface area contributed by atoms with Crippen molar-refractivity contribution in [1.29, 1.82) is 0 Å². The fourth-order valence-corrected chi connectivity index (χ4v) is 3.50. The highest BCUT2D eigenvalue weighted by Gasteiger charge is 1.89. The van der Waals surface area contributed by atoms with E-state index >= 15 is 0 Å². The topological polar surface area (TPSA) is 0 Å². The molecule has 0 aliphatic heterocycles. The summed E-state index contributed by atoms with van der Waals surface area (Å²) >= 11 is 3.60. The number of thioether (sulfide) groups is 2. The molecule has 0 N–H and O–H groups in total. The summed E-state index contributed by atoms with van der Waals surface area (Å²) in [7, 11) is 0. The summed E-state index contributed by atoms with van der Waals surface area (Å²) < 4.78 is 0. The van der Waals surface area contributed by atoms with Crippen LogP contribution in [-0.4, -0.2) is 0 Å². The van der Waals surface area contributed by atoms with E-state index in [9.17, 15) is 0 Å². The van der Waals surface area contributed by atoms with Crippen molar-refractivity contribution < 1.29 is 0 Å². The second-order valence-corrected chi connectivity index (χ2v) is 7.20. The van der Waals surface area contributed by atoms with E-state index in [1.165, 1.54) is 41.9 Å². The number of unbranched alkanes of at least 4 members (excludes halogenated alkanes) is 4. The van der Waals surface area contributed by atoms with Crippen molar-refractivity contribution in [3.8, 4) is 0 Å². The summed E-state index contributed by atoms with van der Waals surface area (Å²) in [4.78, 5) is 2.62. The highest BCUT2D eigenvalue weighted by atomic mass is 32.2. The van der Waals surface area contributed by atoms with Crippen LogP contribution in [0.1, 0.15) is 32.1 Å². The first-order chi connectivity index (χ1) is 11.4. The largest absolute Gasteiger partial charge is 0.0984 e. The first-order valence-electron chi connectivity index (χ1n) is 8.18. The van der Waals surface area contributed by atoms with Crippen LogP contribution in [0.4, 0.5) is 0 Å². The Balaban J connectivity index is 1.45. The van der Waals surface area contributed by atoms with Crippen molar-refractivity contribution in [2.75, 3.05) is 0 Å². The van der Waals surface area contributed by atoms with E-state index in [0.29, 0.717) is 0 Å². The first kappa shape index (κ1) is 18.0. The standard InChI is InChI=1S/C21H24S2/c1(2-4-12-18-22-20-14-8-6-9-15-20)3-5-13-19-23-21-16-10-7-11-17-21/h6-19H,1-5H2/b18-12+,19-13+. The van der Waals surface area contributed by atoms with Gasteiger partial charge in [-0.3, -0.25) is 0 Å². The average Bonchev–Trinajstić information content (AvgIpc) is 2.61. The van der Waals surface area contributed by atoms with Crippen molar-refractivity contribution in [3.63, 3.8) is 0 Å². The van der Waals surface area contributed by atoms with E-state index in [2.05, 4.69) is 83.6 Å². The summed E-state index contributed by atoms with van der Waals surface area (Å²) in [6.45, 7) is 0. The van der Waals surface area contributed by atoms with Crippen LogP contribution < -0.4 is 0 Å². The quantitative estimate of drug-likeness (QED) is 0.323. The van der Waals surface area contributed by atoms with E-state index in [1.807, 2.05) is 0 Å². The molecule has 2 aromatic carbocycles. The number of benzene rings is 2. The van der Waals surface area contributed by atoms with Gasteiger partial charge in [0.1, 0.15) is 0 Å². The summed E-state index contributed by atoms with van der Waals surface area (Å²) in [6.07, 6.45) is 10.8. The van der Waals surface area contributed by atoms with Gasteiger partial charge in [-0.2, -0.15) is 0 Å². The molecule has 0 bridgehead atoms. The van der Waals surface area contributed by atoms with Crippen LogP contribution in [0.15, 0.2) is 93.4 Å². The molecular weight excluding hydrogens is 316 g/mol. The lowest BCUT2D eigenvalue weighted by molar-refractivity contribution is 0.696. The first-order valence-corrected chi connectivity index (χ1v) is 9.94. The molecule has 0 heterocycles. The Labute approximate surface area is 149 Å². The van der Waals surface area contributed by atoms with Gasteiger partial charge in [-0.05, 0) is 60.8 Å². The molecule has 0 atom stereocenters. The molecule has 0 saturated heterocycles. The third-order valence-corrected chi connectivity index (χ3v) is 5.07. The molecule has 120 valence electrons. The molecule has 0 amide bonds. The maximum Gasteiger partial charge on any atom is 0.0116 e. The van der Waals surface area contributed by atoms with Gasteiger partial charge in [-0.15, -0.1) is 0 Å². The molecule has 0 saturated carbocycles. The van der Waals surface area contributed by atoms with Crippen molar-refractivity contribution in [2.24, 2.45) is 0 Å².